The lowest BCUT2D eigenvalue weighted by Crippen LogP contribution is -2.38. The van der Waals surface area contributed by atoms with E-state index in [0.29, 0.717) is 13.2 Å². The third-order valence-electron chi connectivity index (χ3n) is 2.62. The molecule has 0 bridgehead atoms. The van der Waals surface area contributed by atoms with Crippen molar-refractivity contribution in [3.05, 3.63) is 35.4 Å². The van der Waals surface area contributed by atoms with Gasteiger partial charge in [0.05, 0.1) is 13.2 Å². The van der Waals surface area contributed by atoms with Gasteiger partial charge in [-0.15, -0.1) is 24.0 Å². The monoisotopic (exact) mass is 393 g/mol. The number of aliphatic imine (C=N–C) groups is 1. The maximum absolute atomic E-state index is 5.08. The van der Waals surface area contributed by atoms with E-state index in [2.05, 4.69) is 39.9 Å². The van der Waals surface area contributed by atoms with Crippen LogP contribution in [0.3, 0.4) is 0 Å². The highest BCUT2D eigenvalue weighted by Crippen LogP contribution is 2.05. The molecule has 0 amide bonds. The van der Waals surface area contributed by atoms with Gasteiger partial charge in [0.1, 0.15) is 0 Å². The van der Waals surface area contributed by atoms with Crippen LogP contribution in [0.5, 0.6) is 0 Å². The zero-order valence-corrected chi connectivity index (χ0v) is 14.6. The van der Waals surface area contributed by atoms with Gasteiger partial charge in [0.15, 0.2) is 5.96 Å². The average molecular weight is 393 g/mol. The number of halogens is 1. The zero-order valence-electron chi connectivity index (χ0n) is 12.3. The molecule has 0 radical (unpaired) electrons. The van der Waals surface area contributed by atoms with Crippen molar-refractivity contribution in [2.75, 3.05) is 34.4 Å². The Bertz CT molecular complexity index is 383. The number of hydrogen-bond donors (Lipinski definition) is 2. The molecule has 2 N–H and O–H groups in total. The van der Waals surface area contributed by atoms with Gasteiger partial charge in [-0.25, -0.2) is 0 Å². The maximum atomic E-state index is 5.08. The van der Waals surface area contributed by atoms with Gasteiger partial charge in [0, 0.05) is 34.4 Å². The van der Waals surface area contributed by atoms with E-state index in [1.807, 2.05) is 0 Å². The molecule has 1 rings (SSSR count). The number of methoxy groups -OCH3 is 2. The summed E-state index contributed by atoms with van der Waals surface area (Å²) in [5, 5.41) is 6.41. The fourth-order valence-corrected chi connectivity index (χ4v) is 1.60. The Hall–Kier alpha value is -0.860. The Labute approximate surface area is 138 Å². The molecule has 0 aliphatic rings. The van der Waals surface area contributed by atoms with Crippen LogP contribution >= 0.6 is 24.0 Å². The fourth-order valence-electron chi connectivity index (χ4n) is 1.60. The van der Waals surface area contributed by atoms with Crippen LogP contribution in [-0.4, -0.2) is 40.4 Å². The van der Waals surface area contributed by atoms with Gasteiger partial charge >= 0.3 is 0 Å². The summed E-state index contributed by atoms with van der Waals surface area (Å²) in [6, 6.07) is 8.32. The van der Waals surface area contributed by atoms with Gasteiger partial charge in [-0.05, 0) is 11.1 Å². The first-order valence-corrected chi connectivity index (χ1v) is 6.30. The summed E-state index contributed by atoms with van der Waals surface area (Å²) in [5.74, 6) is 0.776. The molecule has 0 saturated carbocycles. The molecule has 5 nitrogen and oxygen atoms in total. The summed E-state index contributed by atoms with van der Waals surface area (Å²) < 4.78 is 10.1. The highest BCUT2D eigenvalue weighted by atomic mass is 127. The van der Waals surface area contributed by atoms with Gasteiger partial charge in [-0.3, -0.25) is 4.99 Å². The molecular formula is C14H24IN3O2. The van der Waals surface area contributed by atoms with E-state index in [9.17, 15) is 0 Å². The van der Waals surface area contributed by atoms with Crippen molar-refractivity contribution < 1.29 is 9.47 Å². The van der Waals surface area contributed by atoms with Crippen LogP contribution in [0, 0.1) is 0 Å². The van der Waals surface area contributed by atoms with Crippen molar-refractivity contribution >= 4 is 29.9 Å². The van der Waals surface area contributed by atoms with Crippen molar-refractivity contribution in [2.24, 2.45) is 4.99 Å². The van der Waals surface area contributed by atoms with Crippen LogP contribution in [-0.2, 0) is 22.6 Å². The normalized spacial score (nSPS) is 10.8. The van der Waals surface area contributed by atoms with Crippen molar-refractivity contribution in [1.82, 2.24) is 10.6 Å². The molecule has 0 atom stereocenters. The Morgan fingerprint density at radius 1 is 1.05 bits per heavy atom. The molecular weight excluding hydrogens is 369 g/mol. The van der Waals surface area contributed by atoms with Gasteiger partial charge in [0.2, 0.25) is 0 Å². The molecule has 0 aromatic heterocycles. The molecule has 20 heavy (non-hydrogen) atoms. The van der Waals surface area contributed by atoms with E-state index in [1.165, 1.54) is 11.1 Å². The highest BCUT2D eigenvalue weighted by molar-refractivity contribution is 14.0. The quantitative estimate of drug-likeness (QED) is 0.321. The summed E-state index contributed by atoms with van der Waals surface area (Å²) >= 11 is 0. The summed E-state index contributed by atoms with van der Waals surface area (Å²) in [6.45, 7) is 2.78. The van der Waals surface area contributed by atoms with Crippen LogP contribution < -0.4 is 10.6 Å². The highest BCUT2D eigenvalue weighted by Gasteiger charge is 1.98. The van der Waals surface area contributed by atoms with Crippen LogP contribution in [0.1, 0.15) is 11.1 Å². The number of nitrogens with one attached hydrogen (secondary N) is 2. The van der Waals surface area contributed by atoms with E-state index >= 15 is 0 Å². The predicted molar refractivity (Wildman–Crippen MR) is 92.6 cm³/mol. The number of ether oxygens (including phenoxy) is 2. The van der Waals surface area contributed by atoms with E-state index in [-0.39, 0.29) is 24.0 Å². The van der Waals surface area contributed by atoms with Gasteiger partial charge in [-0.1, -0.05) is 24.3 Å². The number of benzene rings is 1. The van der Waals surface area contributed by atoms with Crippen LogP contribution in [0.4, 0.5) is 0 Å². The van der Waals surface area contributed by atoms with Crippen LogP contribution in [0.15, 0.2) is 29.3 Å². The minimum Gasteiger partial charge on any atom is -0.383 e. The smallest absolute Gasteiger partial charge is 0.191 e. The second-order valence-electron chi connectivity index (χ2n) is 4.09. The third kappa shape index (κ3) is 7.66. The molecule has 0 aliphatic carbocycles. The predicted octanol–water partition coefficient (Wildman–Crippen LogP) is 1.76. The number of nitrogens with zero attached hydrogens (tertiary/aromatic N) is 1. The first kappa shape index (κ1) is 19.1. The van der Waals surface area contributed by atoms with Gasteiger partial charge in [0.25, 0.3) is 0 Å². The molecule has 0 aliphatic heterocycles. The van der Waals surface area contributed by atoms with Crippen LogP contribution in [0.25, 0.3) is 0 Å². The molecule has 0 saturated heterocycles. The Balaban J connectivity index is 0.00000361. The summed E-state index contributed by atoms with van der Waals surface area (Å²) in [7, 11) is 5.13. The SMILES string of the molecule is CN=C(NCCOC)NCc1ccc(COC)cc1.I. The summed E-state index contributed by atoms with van der Waals surface area (Å²) in [6.07, 6.45) is 0. The average Bonchev–Trinajstić information content (AvgIpc) is 2.44. The third-order valence-corrected chi connectivity index (χ3v) is 2.62. The lowest BCUT2D eigenvalue weighted by molar-refractivity contribution is 0.185. The molecule has 1 aromatic rings. The Kier molecular flexibility index (Phi) is 11.4. The topological polar surface area (TPSA) is 54.9 Å². The number of rotatable bonds is 7. The Morgan fingerprint density at radius 3 is 2.25 bits per heavy atom. The summed E-state index contributed by atoms with van der Waals surface area (Å²) in [5.41, 5.74) is 2.38. The molecule has 0 fully saturated rings. The number of guanidine groups is 1. The fraction of sp³-hybridized carbons (Fsp3) is 0.500. The maximum Gasteiger partial charge on any atom is 0.191 e. The van der Waals surface area contributed by atoms with Gasteiger partial charge < -0.3 is 20.1 Å². The minimum absolute atomic E-state index is 0. The molecule has 114 valence electrons. The number of hydrogen-bond acceptors (Lipinski definition) is 3. The molecule has 0 spiro atoms. The minimum atomic E-state index is 0. The lowest BCUT2D eigenvalue weighted by atomic mass is 10.1. The standard InChI is InChI=1S/C14H23N3O2.HI/c1-15-14(16-8-9-18-2)17-10-12-4-6-13(7-5-12)11-19-3;/h4-7H,8-11H2,1-3H3,(H2,15,16,17);1H. The van der Waals surface area contributed by atoms with E-state index < -0.39 is 0 Å². The lowest BCUT2D eigenvalue weighted by Gasteiger charge is -2.11. The van der Waals surface area contributed by atoms with Gasteiger partial charge in [-0.2, -0.15) is 0 Å². The first-order valence-electron chi connectivity index (χ1n) is 6.30. The Morgan fingerprint density at radius 2 is 1.70 bits per heavy atom. The van der Waals surface area contributed by atoms with Crippen molar-refractivity contribution in [2.45, 2.75) is 13.2 Å². The largest absolute Gasteiger partial charge is 0.383 e. The van der Waals surface area contributed by atoms with E-state index in [0.717, 1.165) is 19.0 Å². The summed E-state index contributed by atoms with van der Waals surface area (Å²) in [4.78, 5) is 4.14. The first-order chi connectivity index (χ1) is 9.30. The second kappa shape index (κ2) is 11.9. The van der Waals surface area contributed by atoms with E-state index in [1.54, 1.807) is 21.3 Å². The molecule has 1 aromatic carbocycles. The molecule has 6 heteroatoms. The van der Waals surface area contributed by atoms with Crippen molar-refractivity contribution in [3.63, 3.8) is 0 Å². The zero-order chi connectivity index (χ0) is 13.9. The van der Waals surface area contributed by atoms with E-state index in [4.69, 9.17) is 9.47 Å². The second-order valence-corrected chi connectivity index (χ2v) is 4.09. The molecule has 0 unspecified atom stereocenters. The van der Waals surface area contributed by atoms with Crippen molar-refractivity contribution in [1.29, 1.82) is 0 Å². The molecule has 0 heterocycles. The van der Waals surface area contributed by atoms with Crippen molar-refractivity contribution in [3.8, 4) is 0 Å². The van der Waals surface area contributed by atoms with Crippen LogP contribution in [0.2, 0.25) is 0 Å².